The third-order valence-electron chi connectivity index (χ3n) is 5.47. The largest absolute Gasteiger partial charge is 0.331 e. The molecule has 0 aliphatic heterocycles. The first-order valence-corrected chi connectivity index (χ1v) is 9.23. The predicted octanol–water partition coefficient (Wildman–Crippen LogP) is 3.38. The van der Waals surface area contributed by atoms with Crippen molar-refractivity contribution in [3.05, 3.63) is 64.3 Å². The summed E-state index contributed by atoms with van der Waals surface area (Å²) in [6, 6.07) is 6.84. The van der Waals surface area contributed by atoms with Crippen molar-refractivity contribution >= 4 is 10.9 Å². The van der Waals surface area contributed by atoms with E-state index in [2.05, 4.69) is 25.3 Å². The highest BCUT2D eigenvalue weighted by Gasteiger charge is 2.32. The Labute approximate surface area is 160 Å². The fourth-order valence-electron chi connectivity index (χ4n) is 3.58. The Bertz CT molecular complexity index is 1190. The number of aromatic nitrogens is 6. The number of benzene rings is 1. The summed E-state index contributed by atoms with van der Waals surface area (Å²) < 4.78 is 16.3. The molecule has 0 saturated heterocycles. The molecular weight excluding hydrogens is 359 g/mol. The molecule has 3 heterocycles. The molecule has 7 nitrogen and oxygen atoms in total. The van der Waals surface area contributed by atoms with Gasteiger partial charge in [0.05, 0.1) is 22.5 Å². The maximum absolute atomic E-state index is 14.5. The minimum atomic E-state index is -0.599. The second-order valence-corrected chi connectivity index (χ2v) is 6.99. The van der Waals surface area contributed by atoms with Gasteiger partial charge in [-0.25, -0.2) is 4.39 Å². The molecule has 144 valence electrons. The Morgan fingerprint density at radius 3 is 2.71 bits per heavy atom. The molecule has 0 saturated carbocycles. The fourth-order valence-corrected chi connectivity index (χ4v) is 3.58. The Morgan fingerprint density at radius 2 is 2.07 bits per heavy atom. The van der Waals surface area contributed by atoms with Crippen LogP contribution in [0.15, 0.2) is 41.6 Å². The van der Waals surface area contributed by atoms with Gasteiger partial charge < -0.3 is 9.97 Å². The van der Waals surface area contributed by atoms with E-state index in [0.29, 0.717) is 46.5 Å². The summed E-state index contributed by atoms with van der Waals surface area (Å²) >= 11 is 0. The van der Waals surface area contributed by atoms with Crippen molar-refractivity contribution in [2.24, 2.45) is 0 Å². The molecule has 0 spiro atoms. The fraction of sp³-hybridized carbons (Fsp3) is 0.300. The minimum Gasteiger partial charge on any atom is -0.331 e. The lowest BCUT2D eigenvalue weighted by Crippen LogP contribution is -2.32. The maximum atomic E-state index is 14.5. The predicted molar refractivity (Wildman–Crippen MR) is 105 cm³/mol. The number of pyridine rings is 1. The molecule has 0 radical (unpaired) electrons. The topological polar surface area (TPSA) is 92.2 Å². The Balaban J connectivity index is 1.82. The zero-order chi connectivity index (χ0) is 19.9. The van der Waals surface area contributed by atoms with Gasteiger partial charge in [-0.2, -0.15) is 5.10 Å². The first kappa shape index (κ1) is 18.1. The second kappa shape index (κ2) is 6.70. The van der Waals surface area contributed by atoms with E-state index in [1.807, 2.05) is 26.8 Å². The number of rotatable bonds is 5. The molecule has 1 unspecified atom stereocenters. The van der Waals surface area contributed by atoms with Crippen molar-refractivity contribution in [2.45, 2.75) is 39.2 Å². The van der Waals surface area contributed by atoms with Crippen molar-refractivity contribution < 1.29 is 4.39 Å². The van der Waals surface area contributed by atoms with Crippen LogP contribution in [0, 0.1) is 5.82 Å². The molecule has 0 fully saturated rings. The second-order valence-electron chi connectivity index (χ2n) is 6.99. The summed E-state index contributed by atoms with van der Waals surface area (Å²) in [5, 5.41) is 12.6. The van der Waals surface area contributed by atoms with Crippen LogP contribution in [0.25, 0.3) is 22.2 Å². The first-order chi connectivity index (χ1) is 13.5. The SMILES string of the molecule is CCn1ncc2c(F)cc(-c3ccc(C(C)(CC)c4nnc[nH]4)c(=O)[nH]3)cc21. The van der Waals surface area contributed by atoms with Gasteiger partial charge in [-0.1, -0.05) is 13.0 Å². The van der Waals surface area contributed by atoms with Gasteiger partial charge in [-0.15, -0.1) is 10.2 Å². The van der Waals surface area contributed by atoms with Crippen LogP contribution in [0.5, 0.6) is 0 Å². The molecule has 0 amide bonds. The van der Waals surface area contributed by atoms with Crippen LogP contribution in [0.1, 0.15) is 38.6 Å². The van der Waals surface area contributed by atoms with Crippen LogP contribution >= 0.6 is 0 Å². The average molecular weight is 380 g/mol. The molecule has 3 aromatic heterocycles. The number of aromatic amines is 2. The van der Waals surface area contributed by atoms with E-state index in [4.69, 9.17) is 0 Å². The summed E-state index contributed by atoms with van der Waals surface area (Å²) in [5.41, 5.74) is 1.59. The van der Waals surface area contributed by atoms with Crippen molar-refractivity contribution in [1.82, 2.24) is 29.9 Å². The standard InChI is InChI=1S/C20H21FN6O/c1-4-20(3,19-22-11-23-26-19)14-6-7-16(25-18(14)28)12-8-15(21)13-10-24-27(5-2)17(13)9-12/h6-11H,4-5H2,1-3H3,(H,25,28)(H,22,23,26). The van der Waals surface area contributed by atoms with E-state index in [1.165, 1.54) is 18.6 Å². The van der Waals surface area contributed by atoms with Crippen LogP contribution in [0.2, 0.25) is 0 Å². The van der Waals surface area contributed by atoms with Gasteiger partial charge in [0.2, 0.25) is 0 Å². The van der Waals surface area contributed by atoms with Crippen LogP contribution in [-0.2, 0) is 12.0 Å². The molecule has 0 aliphatic carbocycles. The number of halogens is 1. The zero-order valence-electron chi connectivity index (χ0n) is 16.0. The van der Waals surface area contributed by atoms with E-state index in [1.54, 1.807) is 16.8 Å². The molecule has 1 aromatic carbocycles. The molecule has 0 aliphatic rings. The van der Waals surface area contributed by atoms with E-state index in [0.717, 1.165) is 0 Å². The lowest BCUT2D eigenvalue weighted by Gasteiger charge is -2.25. The van der Waals surface area contributed by atoms with Crippen LogP contribution in [0.3, 0.4) is 0 Å². The highest BCUT2D eigenvalue weighted by atomic mass is 19.1. The van der Waals surface area contributed by atoms with Crippen molar-refractivity contribution in [2.75, 3.05) is 0 Å². The summed E-state index contributed by atoms with van der Waals surface area (Å²) in [5.74, 6) is 0.268. The van der Waals surface area contributed by atoms with Gasteiger partial charge in [0.15, 0.2) is 0 Å². The lowest BCUT2D eigenvalue weighted by atomic mass is 9.80. The third kappa shape index (κ3) is 2.72. The number of fused-ring (bicyclic) bond motifs is 1. The zero-order valence-corrected chi connectivity index (χ0v) is 16.0. The van der Waals surface area contributed by atoms with E-state index < -0.39 is 5.41 Å². The average Bonchev–Trinajstić information content (AvgIpc) is 3.37. The molecule has 0 bridgehead atoms. The third-order valence-corrected chi connectivity index (χ3v) is 5.47. The number of hydrogen-bond acceptors (Lipinski definition) is 4. The molecule has 1 atom stereocenters. The van der Waals surface area contributed by atoms with Gasteiger partial charge in [0, 0.05) is 23.4 Å². The first-order valence-electron chi connectivity index (χ1n) is 9.23. The summed E-state index contributed by atoms with van der Waals surface area (Å²) in [6.07, 6.45) is 3.69. The molecule has 8 heteroatoms. The van der Waals surface area contributed by atoms with Gasteiger partial charge in [-0.05, 0) is 38.5 Å². The van der Waals surface area contributed by atoms with Gasteiger partial charge >= 0.3 is 0 Å². The van der Waals surface area contributed by atoms with Gasteiger partial charge in [0.25, 0.3) is 5.56 Å². The summed E-state index contributed by atoms with van der Waals surface area (Å²) in [4.78, 5) is 18.8. The summed E-state index contributed by atoms with van der Waals surface area (Å²) in [7, 11) is 0. The number of H-pyrrole nitrogens is 2. The number of aryl methyl sites for hydroxylation is 1. The molecular formula is C20H21FN6O. The van der Waals surface area contributed by atoms with E-state index in [9.17, 15) is 9.18 Å². The Hall–Kier alpha value is -3.29. The highest BCUT2D eigenvalue weighted by molar-refractivity contribution is 5.84. The van der Waals surface area contributed by atoms with E-state index >= 15 is 0 Å². The molecule has 2 N–H and O–H groups in total. The van der Waals surface area contributed by atoms with Crippen LogP contribution in [-0.4, -0.2) is 29.9 Å². The monoisotopic (exact) mass is 380 g/mol. The number of nitrogens with one attached hydrogen (secondary N) is 2. The van der Waals surface area contributed by atoms with Crippen LogP contribution in [0.4, 0.5) is 4.39 Å². The summed E-state index contributed by atoms with van der Waals surface area (Å²) in [6.45, 7) is 6.52. The molecule has 4 aromatic rings. The normalized spacial score (nSPS) is 13.7. The van der Waals surface area contributed by atoms with Crippen molar-refractivity contribution in [3.8, 4) is 11.3 Å². The van der Waals surface area contributed by atoms with Crippen molar-refractivity contribution in [3.63, 3.8) is 0 Å². The number of hydrogen-bond donors (Lipinski definition) is 2. The molecule has 4 rings (SSSR count). The smallest absolute Gasteiger partial charge is 0.252 e. The van der Waals surface area contributed by atoms with Gasteiger partial charge in [-0.3, -0.25) is 9.48 Å². The highest BCUT2D eigenvalue weighted by Crippen LogP contribution is 2.31. The van der Waals surface area contributed by atoms with Crippen molar-refractivity contribution in [1.29, 1.82) is 0 Å². The number of nitrogens with zero attached hydrogens (tertiary/aromatic N) is 4. The van der Waals surface area contributed by atoms with Gasteiger partial charge in [0.1, 0.15) is 18.0 Å². The lowest BCUT2D eigenvalue weighted by molar-refractivity contribution is 0.509. The van der Waals surface area contributed by atoms with E-state index in [-0.39, 0.29) is 11.4 Å². The maximum Gasteiger partial charge on any atom is 0.252 e. The quantitative estimate of drug-likeness (QED) is 0.555. The Kier molecular flexibility index (Phi) is 4.33. The van der Waals surface area contributed by atoms with Crippen LogP contribution < -0.4 is 5.56 Å². The Morgan fingerprint density at radius 1 is 1.25 bits per heavy atom. The molecule has 28 heavy (non-hydrogen) atoms. The minimum absolute atomic E-state index is 0.234.